The molecular formula is C12H19N3. The first-order valence-electron chi connectivity index (χ1n) is 6.12. The Kier molecular flexibility index (Phi) is 2.09. The first kappa shape index (κ1) is 9.40. The highest BCUT2D eigenvalue weighted by Gasteiger charge is 2.29. The first-order valence-corrected chi connectivity index (χ1v) is 6.12. The van der Waals surface area contributed by atoms with Gasteiger partial charge in [0.25, 0.3) is 0 Å². The van der Waals surface area contributed by atoms with Crippen molar-refractivity contribution in [1.82, 2.24) is 9.55 Å². The Labute approximate surface area is 90.7 Å². The van der Waals surface area contributed by atoms with Crippen molar-refractivity contribution in [3.63, 3.8) is 0 Å². The van der Waals surface area contributed by atoms with E-state index >= 15 is 0 Å². The van der Waals surface area contributed by atoms with Gasteiger partial charge in [-0.05, 0) is 39.0 Å². The molecule has 0 saturated heterocycles. The van der Waals surface area contributed by atoms with Crippen LogP contribution < -0.4 is 5.73 Å². The Hall–Kier alpha value is -0.830. The SMILES string of the molecule is CC1C(N)CCc2nc3c(n21)CCCC3. The van der Waals surface area contributed by atoms with Gasteiger partial charge in [-0.15, -0.1) is 0 Å². The van der Waals surface area contributed by atoms with Crippen LogP contribution in [0.5, 0.6) is 0 Å². The van der Waals surface area contributed by atoms with Crippen LogP contribution >= 0.6 is 0 Å². The molecule has 2 aliphatic rings. The van der Waals surface area contributed by atoms with Crippen LogP contribution in [0, 0.1) is 0 Å². The fraction of sp³-hybridized carbons (Fsp3) is 0.750. The van der Waals surface area contributed by atoms with Crippen molar-refractivity contribution in [2.45, 2.75) is 57.5 Å². The zero-order chi connectivity index (χ0) is 10.4. The van der Waals surface area contributed by atoms with E-state index in [9.17, 15) is 0 Å². The molecule has 1 aliphatic carbocycles. The first-order chi connectivity index (χ1) is 7.27. The molecule has 1 aliphatic heterocycles. The quantitative estimate of drug-likeness (QED) is 0.699. The van der Waals surface area contributed by atoms with Gasteiger partial charge in [0.15, 0.2) is 0 Å². The minimum Gasteiger partial charge on any atom is -0.327 e. The van der Waals surface area contributed by atoms with Gasteiger partial charge in [-0.1, -0.05) is 0 Å². The molecule has 0 bridgehead atoms. The Morgan fingerprint density at radius 3 is 2.93 bits per heavy atom. The second-order valence-corrected chi connectivity index (χ2v) is 4.94. The highest BCUT2D eigenvalue weighted by molar-refractivity contribution is 5.23. The summed E-state index contributed by atoms with van der Waals surface area (Å²) in [5, 5.41) is 0. The molecule has 0 saturated carbocycles. The van der Waals surface area contributed by atoms with Gasteiger partial charge in [-0.2, -0.15) is 0 Å². The van der Waals surface area contributed by atoms with Crippen LogP contribution in [0.1, 0.15) is 49.4 Å². The van der Waals surface area contributed by atoms with Crippen molar-refractivity contribution in [2.75, 3.05) is 0 Å². The number of hydrogen-bond donors (Lipinski definition) is 1. The zero-order valence-electron chi connectivity index (χ0n) is 9.37. The topological polar surface area (TPSA) is 43.8 Å². The van der Waals surface area contributed by atoms with Crippen LogP contribution in [-0.4, -0.2) is 15.6 Å². The Balaban J connectivity index is 2.10. The average molecular weight is 205 g/mol. The molecule has 15 heavy (non-hydrogen) atoms. The van der Waals surface area contributed by atoms with Crippen LogP contribution in [0.15, 0.2) is 0 Å². The van der Waals surface area contributed by atoms with E-state index in [1.54, 1.807) is 0 Å². The van der Waals surface area contributed by atoms with E-state index in [2.05, 4.69) is 11.5 Å². The lowest BCUT2D eigenvalue weighted by atomic mass is 9.97. The van der Waals surface area contributed by atoms with E-state index in [1.807, 2.05) is 0 Å². The Bertz CT molecular complexity index is 380. The van der Waals surface area contributed by atoms with Crippen molar-refractivity contribution < 1.29 is 0 Å². The lowest BCUT2D eigenvalue weighted by molar-refractivity contribution is 0.357. The summed E-state index contributed by atoms with van der Waals surface area (Å²) >= 11 is 0. The van der Waals surface area contributed by atoms with Crippen LogP contribution in [-0.2, 0) is 19.3 Å². The summed E-state index contributed by atoms with van der Waals surface area (Å²) in [6, 6.07) is 0.765. The maximum absolute atomic E-state index is 6.14. The third-order valence-corrected chi connectivity index (χ3v) is 3.97. The number of aryl methyl sites for hydroxylation is 2. The van der Waals surface area contributed by atoms with Crippen LogP contribution in [0.4, 0.5) is 0 Å². The van der Waals surface area contributed by atoms with Crippen molar-refractivity contribution in [1.29, 1.82) is 0 Å². The predicted molar refractivity (Wildman–Crippen MR) is 59.9 cm³/mol. The fourth-order valence-corrected chi connectivity index (χ4v) is 3.00. The molecule has 3 rings (SSSR count). The van der Waals surface area contributed by atoms with Gasteiger partial charge in [0.05, 0.1) is 5.69 Å². The summed E-state index contributed by atoms with van der Waals surface area (Å²) in [7, 11) is 0. The van der Waals surface area contributed by atoms with Gasteiger partial charge in [0.2, 0.25) is 0 Å². The number of imidazole rings is 1. The van der Waals surface area contributed by atoms with Gasteiger partial charge in [0.1, 0.15) is 5.82 Å². The molecule has 0 amide bonds. The second kappa shape index (κ2) is 3.34. The summed E-state index contributed by atoms with van der Waals surface area (Å²) in [5.74, 6) is 1.29. The minimum absolute atomic E-state index is 0.317. The molecule has 1 aromatic rings. The van der Waals surface area contributed by atoms with Crippen molar-refractivity contribution in [3.05, 3.63) is 17.2 Å². The molecule has 0 fully saturated rings. The van der Waals surface area contributed by atoms with Crippen molar-refractivity contribution >= 4 is 0 Å². The molecule has 82 valence electrons. The van der Waals surface area contributed by atoms with Crippen LogP contribution in [0.3, 0.4) is 0 Å². The standard InChI is InChI=1S/C12H19N3/c1-8-9(13)6-7-12-14-10-4-2-3-5-11(10)15(8)12/h8-9H,2-7,13H2,1H3. The number of nitrogens with zero attached hydrogens (tertiary/aromatic N) is 2. The molecule has 0 radical (unpaired) electrons. The molecule has 3 nitrogen and oxygen atoms in total. The van der Waals surface area contributed by atoms with Crippen molar-refractivity contribution in [2.24, 2.45) is 5.73 Å². The third-order valence-electron chi connectivity index (χ3n) is 3.97. The number of hydrogen-bond acceptors (Lipinski definition) is 2. The third kappa shape index (κ3) is 1.33. The average Bonchev–Trinajstić information content (AvgIpc) is 2.62. The van der Waals surface area contributed by atoms with Crippen molar-refractivity contribution in [3.8, 4) is 0 Å². The van der Waals surface area contributed by atoms with Crippen LogP contribution in [0.25, 0.3) is 0 Å². The molecule has 3 heteroatoms. The molecular weight excluding hydrogens is 186 g/mol. The molecule has 0 spiro atoms. The van der Waals surface area contributed by atoms with E-state index in [0.717, 1.165) is 12.8 Å². The zero-order valence-corrected chi connectivity index (χ0v) is 9.37. The minimum atomic E-state index is 0.317. The molecule has 2 atom stereocenters. The van der Waals surface area contributed by atoms with Gasteiger partial charge in [-0.25, -0.2) is 4.98 Å². The van der Waals surface area contributed by atoms with E-state index in [4.69, 9.17) is 10.7 Å². The molecule has 2 unspecified atom stereocenters. The molecule has 2 N–H and O–H groups in total. The van der Waals surface area contributed by atoms with E-state index in [1.165, 1.54) is 42.9 Å². The number of rotatable bonds is 0. The lowest BCUT2D eigenvalue weighted by Gasteiger charge is -2.30. The maximum Gasteiger partial charge on any atom is 0.109 e. The number of nitrogens with two attached hydrogens (primary N) is 1. The largest absolute Gasteiger partial charge is 0.327 e. The fourth-order valence-electron chi connectivity index (χ4n) is 3.00. The number of fused-ring (bicyclic) bond motifs is 3. The number of aromatic nitrogens is 2. The second-order valence-electron chi connectivity index (χ2n) is 4.94. The lowest BCUT2D eigenvalue weighted by Crippen LogP contribution is -2.36. The molecule has 1 aromatic heterocycles. The highest BCUT2D eigenvalue weighted by atomic mass is 15.1. The van der Waals surface area contributed by atoms with E-state index in [-0.39, 0.29) is 0 Å². The summed E-state index contributed by atoms with van der Waals surface area (Å²) in [4.78, 5) is 4.78. The Morgan fingerprint density at radius 1 is 1.27 bits per heavy atom. The summed E-state index contributed by atoms with van der Waals surface area (Å²) in [6.45, 7) is 2.24. The molecule has 2 heterocycles. The monoisotopic (exact) mass is 205 g/mol. The van der Waals surface area contributed by atoms with E-state index in [0.29, 0.717) is 12.1 Å². The van der Waals surface area contributed by atoms with Gasteiger partial charge in [0, 0.05) is 24.2 Å². The van der Waals surface area contributed by atoms with Gasteiger partial charge in [-0.3, -0.25) is 0 Å². The molecule has 0 aromatic carbocycles. The van der Waals surface area contributed by atoms with Gasteiger partial charge < -0.3 is 10.3 Å². The normalized spacial score (nSPS) is 29.7. The summed E-state index contributed by atoms with van der Waals surface area (Å²) in [6.07, 6.45) is 7.18. The summed E-state index contributed by atoms with van der Waals surface area (Å²) < 4.78 is 2.43. The maximum atomic E-state index is 6.14. The van der Waals surface area contributed by atoms with Gasteiger partial charge >= 0.3 is 0 Å². The highest BCUT2D eigenvalue weighted by Crippen LogP contribution is 2.30. The predicted octanol–water partition coefficient (Wildman–Crippen LogP) is 1.60. The summed E-state index contributed by atoms with van der Waals surface area (Å²) in [5.41, 5.74) is 8.98. The smallest absolute Gasteiger partial charge is 0.109 e. The van der Waals surface area contributed by atoms with Crippen LogP contribution in [0.2, 0.25) is 0 Å². The Morgan fingerprint density at radius 2 is 2.07 bits per heavy atom. The van der Waals surface area contributed by atoms with E-state index < -0.39 is 0 Å².